The smallest absolute Gasteiger partial charge is 0.128 e. The molecule has 3 nitrogen and oxygen atoms in total. The zero-order valence-electron chi connectivity index (χ0n) is 37.9. The molecule has 2 heterocycles. The van der Waals surface area contributed by atoms with Crippen LogP contribution in [-0.2, 0) is 6.42 Å². The molecule has 0 spiro atoms. The SMILES string of the molecule is CCCCCCc1ccc(N(c2ccc(-c3ccccc3)cc2)c2ccc(-c3ccc(-c4cc(OCC(CC)CCCC)c(-c5ccc(-c6ccccc6)s5)cc4OC)s3)cc2)cc1. The molecule has 0 N–H and O–H groups in total. The van der Waals surface area contributed by atoms with E-state index in [4.69, 9.17) is 9.47 Å². The molecule has 1 unspecified atom stereocenters. The van der Waals surface area contributed by atoms with Crippen molar-refractivity contribution >= 4 is 39.7 Å². The van der Waals surface area contributed by atoms with Crippen molar-refractivity contribution in [3.05, 3.63) is 175 Å². The van der Waals surface area contributed by atoms with Crippen LogP contribution in [0.2, 0.25) is 0 Å². The van der Waals surface area contributed by atoms with Crippen LogP contribution in [0, 0.1) is 5.92 Å². The molecule has 6 aromatic carbocycles. The lowest BCUT2D eigenvalue weighted by atomic mass is 10.0. The van der Waals surface area contributed by atoms with Gasteiger partial charge in [-0.05, 0) is 126 Å². The van der Waals surface area contributed by atoms with Gasteiger partial charge < -0.3 is 14.4 Å². The summed E-state index contributed by atoms with van der Waals surface area (Å²) in [5.74, 6) is 2.27. The van der Waals surface area contributed by atoms with Crippen molar-refractivity contribution in [2.75, 3.05) is 18.6 Å². The van der Waals surface area contributed by atoms with Crippen LogP contribution in [0.4, 0.5) is 17.1 Å². The van der Waals surface area contributed by atoms with Crippen LogP contribution < -0.4 is 14.4 Å². The summed E-state index contributed by atoms with van der Waals surface area (Å²) in [5, 5.41) is 0. The van der Waals surface area contributed by atoms with Crippen LogP contribution in [0.25, 0.3) is 52.9 Å². The highest BCUT2D eigenvalue weighted by Crippen LogP contribution is 2.47. The number of anilines is 3. The van der Waals surface area contributed by atoms with E-state index >= 15 is 0 Å². The van der Waals surface area contributed by atoms with E-state index in [-0.39, 0.29) is 0 Å². The molecule has 0 radical (unpaired) electrons. The molecule has 1 atom stereocenters. The molecular weight excluding hydrogens is 819 g/mol. The average Bonchev–Trinajstić information content (AvgIpc) is 4.06. The van der Waals surface area contributed by atoms with Crippen molar-refractivity contribution in [2.45, 2.75) is 78.6 Å². The lowest BCUT2D eigenvalue weighted by Crippen LogP contribution is -2.11. The number of hydrogen-bond donors (Lipinski definition) is 0. The van der Waals surface area contributed by atoms with Gasteiger partial charge in [0.2, 0.25) is 0 Å². The maximum absolute atomic E-state index is 6.83. The fraction of sp³-hybridized carbons (Fsp3) is 0.254. The standard InChI is InChI=1S/C59H61NO2S2/c1-5-8-10-13-19-44-24-30-49(31-25-44)60(50-32-26-46(27-33-50)45-20-14-11-15-21-45)51-34-28-48(29-35-51)57-37-38-58(64-57)52-41-55(62-42-43(7-3)18-9-6-2)53(40-54(52)61-4)59-39-36-56(63-59)47-22-16-12-17-23-47/h11-12,14-17,20-41,43H,5-10,13,18-19,42H2,1-4H3. The number of methoxy groups -OCH3 is 1. The Bertz CT molecular complexity index is 2650. The zero-order chi connectivity index (χ0) is 44.1. The number of thiophene rings is 2. The van der Waals surface area contributed by atoms with Gasteiger partial charge in [-0.25, -0.2) is 0 Å². The van der Waals surface area contributed by atoms with Crippen LogP contribution in [-0.4, -0.2) is 13.7 Å². The zero-order valence-corrected chi connectivity index (χ0v) is 39.5. The van der Waals surface area contributed by atoms with Crippen molar-refractivity contribution in [3.8, 4) is 64.4 Å². The Hall–Kier alpha value is -5.88. The fourth-order valence-corrected chi connectivity index (χ4v) is 10.5. The topological polar surface area (TPSA) is 21.7 Å². The number of nitrogens with zero attached hydrogens (tertiary/aromatic N) is 1. The Morgan fingerprint density at radius 1 is 0.469 bits per heavy atom. The third kappa shape index (κ3) is 10.9. The van der Waals surface area contributed by atoms with E-state index in [2.05, 4.69) is 196 Å². The van der Waals surface area contributed by atoms with Gasteiger partial charge in [0, 0.05) is 47.7 Å². The van der Waals surface area contributed by atoms with Crippen LogP contribution in [0.5, 0.6) is 11.5 Å². The van der Waals surface area contributed by atoms with Crippen molar-refractivity contribution in [2.24, 2.45) is 5.92 Å². The van der Waals surface area contributed by atoms with Gasteiger partial charge in [-0.15, -0.1) is 22.7 Å². The normalized spacial score (nSPS) is 11.7. The molecule has 0 aliphatic carbocycles. The Labute approximate surface area is 390 Å². The first-order valence-electron chi connectivity index (χ1n) is 23.3. The first-order valence-corrected chi connectivity index (χ1v) is 24.9. The third-order valence-electron chi connectivity index (χ3n) is 12.3. The van der Waals surface area contributed by atoms with Crippen LogP contribution >= 0.6 is 22.7 Å². The highest BCUT2D eigenvalue weighted by molar-refractivity contribution is 7.19. The van der Waals surface area contributed by atoms with Gasteiger partial charge in [-0.1, -0.05) is 156 Å². The molecule has 0 saturated heterocycles. The second-order valence-corrected chi connectivity index (χ2v) is 18.9. The van der Waals surface area contributed by atoms with Crippen molar-refractivity contribution in [3.63, 3.8) is 0 Å². The van der Waals surface area contributed by atoms with Gasteiger partial charge in [0.1, 0.15) is 11.5 Å². The number of hydrogen-bond acceptors (Lipinski definition) is 5. The maximum atomic E-state index is 6.83. The number of unbranched alkanes of at least 4 members (excludes halogenated alkanes) is 4. The van der Waals surface area contributed by atoms with Gasteiger partial charge in [-0.3, -0.25) is 0 Å². The monoisotopic (exact) mass is 879 g/mol. The molecule has 8 rings (SSSR count). The van der Waals surface area contributed by atoms with Crippen LogP contribution in [0.15, 0.2) is 170 Å². The van der Waals surface area contributed by atoms with E-state index in [0.717, 1.165) is 57.4 Å². The van der Waals surface area contributed by atoms with Gasteiger partial charge in [0.25, 0.3) is 0 Å². The molecule has 5 heteroatoms. The summed E-state index contributed by atoms with van der Waals surface area (Å²) in [7, 11) is 1.78. The Morgan fingerprint density at radius 2 is 0.953 bits per heavy atom. The van der Waals surface area contributed by atoms with E-state index in [9.17, 15) is 0 Å². The van der Waals surface area contributed by atoms with E-state index in [1.165, 1.54) is 87.4 Å². The fourth-order valence-electron chi connectivity index (χ4n) is 8.44. The Kier molecular flexibility index (Phi) is 15.5. The lowest BCUT2D eigenvalue weighted by Gasteiger charge is -2.26. The van der Waals surface area contributed by atoms with Gasteiger partial charge in [0.05, 0.1) is 13.7 Å². The van der Waals surface area contributed by atoms with Crippen LogP contribution in [0.3, 0.4) is 0 Å². The minimum atomic E-state index is 0.516. The molecule has 64 heavy (non-hydrogen) atoms. The van der Waals surface area contributed by atoms with Crippen LogP contribution in [0.1, 0.15) is 77.7 Å². The molecule has 0 amide bonds. The molecule has 8 aromatic rings. The van der Waals surface area contributed by atoms with Gasteiger partial charge in [-0.2, -0.15) is 0 Å². The summed E-state index contributed by atoms with van der Waals surface area (Å²) in [6.07, 6.45) is 10.9. The summed E-state index contributed by atoms with van der Waals surface area (Å²) in [6.45, 7) is 7.52. The summed E-state index contributed by atoms with van der Waals surface area (Å²) in [6, 6.07) is 61.7. The van der Waals surface area contributed by atoms with E-state index in [1.54, 1.807) is 29.8 Å². The minimum absolute atomic E-state index is 0.516. The largest absolute Gasteiger partial charge is 0.496 e. The predicted octanol–water partition coefficient (Wildman–Crippen LogP) is 18.3. The van der Waals surface area contributed by atoms with Crippen molar-refractivity contribution in [1.82, 2.24) is 0 Å². The molecule has 0 aliphatic heterocycles. The molecule has 0 saturated carbocycles. The van der Waals surface area contributed by atoms with Crippen molar-refractivity contribution in [1.29, 1.82) is 0 Å². The number of rotatable bonds is 21. The number of ether oxygens (including phenoxy) is 2. The molecule has 0 aliphatic rings. The van der Waals surface area contributed by atoms with Gasteiger partial charge in [0.15, 0.2) is 0 Å². The third-order valence-corrected chi connectivity index (χ3v) is 14.6. The summed E-state index contributed by atoms with van der Waals surface area (Å²) >= 11 is 3.59. The summed E-state index contributed by atoms with van der Waals surface area (Å²) in [4.78, 5) is 7.14. The minimum Gasteiger partial charge on any atom is -0.496 e. The molecule has 0 bridgehead atoms. The number of aryl methyl sites for hydroxylation is 1. The maximum Gasteiger partial charge on any atom is 0.128 e. The number of benzene rings is 6. The molecule has 0 fully saturated rings. The van der Waals surface area contributed by atoms with Gasteiger partial charge >= 0.3 is 0 Å². The highest BCUT2D eigenvalue weighted by Gasteiger charge is 2.20. The first-order chi connectivity index (χ1) is 31.5. The second kappa shape index (κ2) is 22.2. The molecular formula is C59H61NO2S2. The van der Waals surface area contributed by atoms with E-state index in [0.29, 0.717) is 12.5 Å². The first kappa shape index (κ1) is 44.7. The highest BCUT2D eigenvalue weighted by atomic mass is 32.1. The molecule has 326 valence electrons. The quantitative estimate of drug-likeness (QED) is 0.0671. The Balaban J connectivity index is 1.09. The van der Waals surface area contributed by atoms with E-state index < -0.39 is 0 Å². The lowest BCUT2D eigenvalue weighted by molar-refractivity contribution is 0.234. The Morgan fingerprint density at radius 3 is 1.52 bits per heavy atom. The van der Waals surface area contributed by atoms with Crippen molar-refractivity contribution < 1.29 is 9.47 Å². The summed E-state index contributed by atoms with van der Waals surface area (Å²) in [5.41, 5.74) is 11.8. The molecule has 2 aromatic heterocycles. The van der Waals surface area contributed by atoms with E-state index in [1.807, 2.05) is 0 Å². The second-order valence-electron chi connectivity index (χ2n) is 16.7. The average molecular weight is 880 g/mol. The predicted molar refractivity (Wildman–Crippen MR) is 277 cm³/mol. The summed E-state index contributed by atoms with van der Waals surface area (Å²) < 4.78 is 13.0.